The molecule has 0 unspecified atom stereocenters. The molecule has 0 saturated heterocycles. The lowest BCUT2D eigenvalue weighted by atomic mass is 10.2. The molecule has 0 aliphatic rings. The summed E-state index contributed by atoms with van der Waals surface area (Å²) in [5.74, 6) is -1.33. The summed E-state index contributed by atoms with van der Waals surface area (Å²) in [7, 11) is 1.49. The van der Waals surface area contributed by atoms with Gasteiger partial charge in [0.15, 0.2) is 0 Å². The topological polar surface area (TPSA) is 163 Å². The van der Waals surface area contributed by atoms with E-state index in [-0.39, 0.29) is 11.3 Å². The molecule has 3 aromatic rings. The molecule has 0 fully saturated rings. The molecule has 0 aromatic heterocycles. The average molecular weight is 490 g/mol. The highest BCUT2D eigenvalue weighted by atomic mass is 16.6. The average Bonchev–Trinajstić information content (AvgIpc) is 2.88. The van der Waals surface area contributed by atoms with Crippen LogP contribution >= 0.6 is 0 Å². The van der Waals surface area contributed by atoms with Crippen LogP contribution in [-0.2, 0) is 4.79 Å². The van der Waals surface area contributed by atoms with Gasteiger partial charge < -0.3 is 9.47 Å². The number of methoxy groups -OCH3 is 1. The van der Waals surface area contributed by atoms with Crippen LogP contribution < -0.4 is 14.9 Å². The minimum absolute atomic E-state index is 0.0522. The van der Waals surface area contributed by atoms with Crippen molar-refractivity contribution in [3.63, 3.8) is 0 Å². The molecule has 0 radical (unpaired) electrons. The van der Waals surface area contributed by atoms with Gasteiger partial charge in [-0.25, -0.2) is 10.2 Å². The first-order valence-corrected chi connectivity index (χ1v) is 10.2. The number of benzene rings is 3. The van der Waals surface area contributed by atoms with Crippen molar-refractivity contribution in [1.29, 1.82) is 0 Å². The molecule has 0 aliphatic heterocycles. The molecule has 3 rings (SSSR count). The Balaban J connectivity index is 1.77. The second kappa shape index (κ2) is 11.7. The van der Waals surface area contributed by atoms with E-state index < -0.39 is 33.2 Å². The summed E-state index contributed by atoms with van der Waals surface area (Å²) in [6.07, 6.45) is 3.34. The number of carbonyl (C=O) groups excluding carboxylic acids is 2. The first-order chi connectivity index (χ1) is 17.3. The van der Waals surface area contributed by atoms with Crippen LogP contribution in [0.4, 0.5) is 11.4 Å². The minimum Gasteiger partial charge on any atom is -0.497 e. The number of nitro groups is 2. The standard InChI is InChI=1S/C24H18N4O8/c1-35-20-11-9-17(10-12-20)24(30)26-25-15-18-5-3-7-21(28(33)34)23(18)36-22(29)13-8-16-4-2-6-19(14-16)27(31)32/h2-15H,1H3,(H,26,30)/b13-8+,25-15+. The van der Waals surface area contributed by atoms with Gasteiger partial charge in [0.25, 0.3) is 11.6 Å². The normalized spacial score (nSPS) is 10.8. The fraction of sp³-hybridized carbons (Fsp3) is 0.0417. The lowest BCUT2D eigenvalue weighted by Crippen LogP contribution is -2.17. The number of ether oxygens (including phenoxy) is 2. The van der Waals surface area contributed by atoms with Gasteiger partial charge in [0.2, 0.25) is 5.75 Å². The zero-order chi connectivity index (χ0) is 26.1. The zero-order valence-electron chi connectivity index (χ0n) is 18.7. The molecule has 12 nitrogen and oxygen atoms in total. The Morgan fingerprint density at radius 1 is 0.972 bits per heavy atom. The van der Waals surface area contributed by atoms with Gasteiger partial charge in [-0.05, 0) is 42.0 Å². The van der Waals surface area contributed by atoms with Crippen LogP contribution in [0.2, 0.25) is 0 Å². The Morgan fingerprint density at radius 3 is 2.36 bits per heavy atom. The summed E-state index contributed by atoms with van der Waals surface area (Å²) >= 11 is 0. The minimum atomic E-state index is -0.965. The van der Waals surface area contributed by atoms with Gasteiger partial charge in [0.1, 0.15) is 5.75 Å². The summed E-state index contributed by atoms with van der Waals surface area (Å²) in [6, 6.07) is 15.7. The highest BCUT2D eigenvalue weighted by molar-refractivity contribution is 5.96. The predicted molar refractivity (Wildman–Crippen MR) is 129 cm³/mol. The van der Waals surface area contributed by atoms with Crippen molar-refractivity contribution in [1.82, 2.24) is 5.43 Å². The van der Waals surface area contributed by atoms with Gasteiger partial charge in [-0.2, -0.15) is 5.10 Å². The molecule has 1 N–H and O–H groups in total. The number of hydrogen-bond donors (Lipinski definition) is 1. The lowest BCUT2D eigenvalue weighted by molar-refractivity contribution is -0.385. The summed E-state index contributed by atoms with van der Waals surface area (Å²) in [6.45, 7) is 0. The highest BCUT2D eigenvalue weighted by Crippen LogP contribution is 2.30. The molecule has 0 saturated carbocycles. The molecule has 0 bridgehead atoms. The largest absolute Gasteiger partial charge is 0.497 e. The fourth-order valence-corrected chi connectivity index (χ4v) is 2.91. The third-order valence-electron chi connectivity index (χ3n) is 4.64. The summed E-state index contributed by atoms with van der Waals surface area (Å²) in [5, 5.41) is 26.1. The van der Waals surface area contributed by atoms with Gasteiger partial charge in [-0.1, -0.05) is 18.2 Å². The molecule has 0 spiro atoms. The van der Waals surface area contributed by atoms with Crippen molar-refractivity contribution in [2.75, 3.05) is 7.11 Å². The van der Waals surface area contributed by atoms with Crippen LogP contribution in [0.3, 0.4) is 0 Å². The molecule has 1 amide bonds. The number of carbonyl (C=O) groups is 2. The maximum Gasteiger partial charge on any atom is 0.336 e. The van der Waals surface area contributed by atoms with E-state index in [4.69, 9.17) is 9.47 Å². The molecule has 3 aromatic carbocycles. The molecule has 36 heavy (non-hydrogen) atoms. The Kier molecular flexibility index (Phi) is 8.17. The number of hydrogen-bond acceptors (Lipinski definition) is 9. The van der Waals surface area contributed by atoms with Crippen molar-refractivity contribution in [3.8, 4) is 11.5 Å². The van der Waals surface area contributed by atoms with E-state index in [9.17, 15) is 29.8 Å². The molecule has 0 heterocycles. The summed E-state index contributed by atoms with van der Waals surface area (Å²) in [5.41, 5.74) is 2.32. The van der Waals surface area contributed by atoms with Crippen LogP contribution in [0, 0.1) is 20.2 Å². The maximum atomic E-state index is 12.4. The second-order valence-electron chi connectivity index (χ2n) is 6.99. The Hall–Kier alpha value is -5.39. The van der Waals surface area contributed by atoms with Crippen LogP contribution in [0.1, 0.15) is 21.5 Å². The van der Waals surface area contributed by atoms with Gasteiger partial charge in [0, 0.05) is 35.4 Å². The van der Waals surface area contributed by atoms with Gasteiger partial charge in [0.05, 0.1) is 23.2 Å². The Bertz CT molecular complexity index is 1370. The number of amides is 1. The van der Waals surface area contributed by atoms with Crippen molar-refractivity contribution < 1.29 is 28.9 Å². The number of rotatable bonds is 9. The van der Waals surface area contributed by atoms with Crippen LogP contribution in [-0.4, -0.2) is 35.0 Å². The van der Waals surface area contributed by atoms with E-state index >= 15 is 0 Å². The number of hydrazone groups is 1. The summed E-state index contributed by atoms with van der Waals surface area (Å²) < 4.78 is 10.2. The van der Waals surface area contributed by atoms with E-state index in [0.29, 0.717) is 16.9 Å². The van der Waals surface area contributed by atoms with Gasteiger partial charge >= 0.3 is 11.7 Å². The van der Waals surface area contributed by atoms with E-state index in [0.717, 1.165) is 18.4 Å². The van der Waals surface area contributed by atoms with E-state index in [2.05, 4.69) is 10.5 Å². The first kappa shape index (κ1) is 25.2. The Morgan fingerprint density at radius 2 is 1.69 bits per heavy atom. The monoisotopic (exact) mass is 490 g/mol. The number of para-hydroxylation sites is 1. The molecule has 182 valence electrons. The van der Waals surface area contributed by atoms with Gasteiger partial charge in [-0.3, -0.25) is 25.0 Å². The van der Waals surface area contributed by atoms with E-state index in [1.165, 1.54) is 61.7 Å². The molecule has 0 aliphatic carbocycles. The quantitative estimate of drug-likeness (QED) is 0.118. The van der Waals surface area contributed by atoms with Crippen LogP contribution in [0.15, 0.2) is 77.9 Å². The molecule has 0 atom stereocenters. The van der Waals surface area contributed by atoms with Crippen molar-refractivity contribution in [2.45, 2.75) is 0 Å². The SMILES string of the molecule is COc1ccc(C(=O)N/N=C/c2cccc([N+](=O)[O-])c2OC(=O)/C=C/c2cccc([N+](=O)[O-])c2)cc1. The number of nitro benzene ring substituents is 2. The predicted octanol–water partition coefficient (Wildman–Crippen LogP) is 3.89. The molecular weight excluding hydrogens is 472 g/mol. The third-order valence-corrected chi connectivity index (χ3v) is 4.64. The van der Waals surface area contributed by atoms with Crippen LogP contribution in [0.25, 0.3) is 6.08 Å². The molecule has 12 heteroatoms. The summed E-state index contributed by atoms with van der Waals surface area (Å²) in [4.78, 5) is 45.6. The number of non-ortho nitro benzene ring substituents is 1. The Labute approximate surface area is 203 Å². The molecular formula is C24H18N4O8. The second-order valence-corrected chi connectivity index (χ2v) is 6.99. The number of nitrogens with zero attached hydrogens (tertiary/aromatic N) is 3. The van der Waals surface area contributed by atoms with Crippen molar-refractivity contribution >= 4 is 35.5 Å². The fourth-order valence-electron chi connectivity index (χ4n) is 2.91. The van der Waals surface area contributed by atoms with Crippen molar-refractivity contribution in [2.24, 2.45) is 5.10 Å². The number of nitrogens with one attached hydrogen (secondary N) is 1. The van der Waals surface area contributed by atoms with E-state index in [1.54, 1.807) is 12.1 Å². The third kappa shape index (κ3) is 6.57. The first-order valence-electron chi connectivity index (χ1n) is 10.2. The van der Waals surface area contributed by atoms with Crippen LogP contribution in [0.5, 0.6) is 11.5 Å². The number of esters is 1. The zero-order valence-corrected chi connectivity index (χ0v) is 18.7. The lowest BCUT2D eigenvalue weighted by Gasteiger charge is -2.06. The smallest absolute Gasteiger partial charge is 0.336 e. The highest BCUT2D eigenvalue weighted by Gasteiger charge is 2.20. The van der Waals surface area contributed by atoms with Crippen molar-refractivity contribution in [3.05, 3.63) is 110 Å². The van der Waals surface area contributed by atoms with Gasteiger partial charge in [-0.15, -0.1) is 0 Å². The maximum absolute atomic E-state index is 12.4. The van der Waals surface area contributed by atoms with E-state index in [1.807, 2.05) is 0 Å².